The molecule has 20 heavy (non-hydrogen) atoms. The Morgan fingerprint density at radius 1 is 1.35 bits per heavy atom. The number of hydrogen-bond donors (Lipinski definition) is 1. The number of aryl methyl sites for hydroxylation is 1. The predicted molar refractivity (Wildman–Crippen MR) is 80.4 cm³/mol. The second kappa shape index (κ2) is 5.59. The highest BCUT2D eigenvalue weighted by Gasteiger charge is 2.28. The van der Waals surface area contributed by atoms with Crippen LogP contribution in [0.1, 0.15) is 35.7 Å². The van der Waals surface area contributed by atoms with E-state index in [2.05, 4.69) is 22.0 Å². The van der Waals surface area contributed by atoms with E-state index in [1.165, 1.54) is 12.0 Å². The molecule has 4 nitrogen and oxygen atoms in total. The molecule has 1 unspecified atom stereocenters. The highest BCUT2D eigenvalue weighted by molar-refractivity contribution is 5.51. The molecule has 0 amide bonds. The average Bonchev–Trinajstić information content (AvgIpc) is 2.97. The molecule has 0 spiro atoms. The molecule has 0 saturated carbocycles. The van der Waals surface area contributed by atoms with Gasteiger partial charge in [0.15, 0.2) is 0 Å². The molecule has 0 radical (unpaired) electrons. The minimum absolute atomic E-state index is 0.364. The molecule has 3 rings (SSSR count). The molecule has 0 aromatic carbocycles. The summed E-state index contributed by atoms with van der Waals surface area (Å²) in [5.74, 6) is 1.04. The molecule has 1 atom stereocenters. The zero-order valence-corrected chi connectivity index (χ0v) is 11.8. The van der Waals surface area contributed by atoms with Gasteiger partial charge in [-0.2, -0.15) is 0 Å². The second-order valence-electron chi connectivity index (χ2n) is 5.28. The van der Waals surface area contributed by atoms with E-state index in [9.17, 15) is 0 Å². The molecule has 3 heterocycles. The van der Waals surface area contributed by atoms with Crippen molar-refractivity contribution in [1.82, 2.24) is 9.97 Å². The summed E-state index contributed by atoms with van der Waals surface area (Å²) in [4.78, 5) is 11.4. The van der Waals surface area contributed by atoms with Gasteiger partial charge in [-0.05, 0) is 37.5 Å². The normalized spacial score (nSPS) is 18.5. The highest BCUT2D eigenvalue weighted by Crippen LogP contribution is 2.36. The number of hydrogen-bond acceptors (Lipinski definition) is 4. The first-order chi connectivity index (χ1) is 9.79. The van der Waals surface area contributed by atoms with Crippen molar-refractivity contribution in [3.8, 4) is 0 Å². The maximum atomic E-state index is 5.87. The lowest BCUT2D eigenvalue weighted by Crippen LogP contribution is -2.25. The Kier molecular flexibility index (Phi) is 3.65. The summed E-state index contributed by atoms with van der Waals surface area (Å²) in [6.45, 7) is 3.58. The summed E-state index contributed by atoms with van der Waals surface area (Å²) in [7, 11) is 0. The fourth-order valence-electron chi connectivity index (χ4n) is 2.92. The van der Waals surface area contributed by atoms with Gasteiger partial charge < -0.3 is 10.6 Å². The van der Waals surface area contributed by atoms with E-state index in [1.807, 2.05) is 31.5 Å². The smallest absolute Gasteiger partial charge is 0.133 e. The van der Waals surface area contributed by atoms with Crippen LogP contribution in [0.3, 0.4) is 0 Å². The number of anilines is 1. The topological polar surface area (TPSA) is 55.0 Å². The lowest BCUT2D eigenvalue weighted by molar-refractivity contribution is 0.703. The van der Waals surface area contributed by atoms with Gasteiger partial charge in [-0.15, -0.1) is 0 Å². The molecule has 1 fully saturated rings. The van der Waals surface area contributed by atoms with E-state index in [-0.39, 0.29) is 0 Å². The van der Waals surface area contributed by atoms with Gasteiger partial charge in [0.25, 0.3) is 0 Å². The molecule has 0 bridgehead atoms. The fraction of sp³-hybridized carbons (Fsp3) is 0.375. The van der Waals surface area contributed by atoms with E-state index in [4.69, 9.17) is 10.7 Å². The van der Waals surface area contributed by atoms with Crippen LogP contribution in [-0.4, -0.2) is 16.5 Å². The Morgan fingerprint density at radius 2 is 2.25 bits per heavy atom. The number of nitrogens with two attached hydrogens (primary N) is 1. The highest BCUT2D eigenvalue weighted by atomic mass is 15.2. The SMILES string of the molecule is Cc1ccc(CN)c(N2CCCC2c2cccnc2)n1. The molecule has 2 N–H and O–H groups in total. The van der Waals surface area contributed by atoms with Crippen molar-refractivity contribution in [1.29, 1.82) is 0 Å². The van der Waals surface area contributed by atoms with Crippen LogP contribution in [-0.2, 0) is 6.54 Å². The first kappa shape index (κ1) is 13.1. The van der Waals surface area contributed by atoms with Crippen LogP contribution in [0.4, 0.5) is 5.82 Å². The molecule has 0 aliphatic carbocycles. The van der Waals surface area contributed by atoms with Crippen LogP contribution in [0.5, 0.6) is 0 Å². The van der Waals surface area contributed by atoms with E-state index >= 15 is 0 Å². The van der Waals surface area contributed by atoms with E-state index in [0.717, 1.165) is 30.0 Å². The first-order valence-corrected chi connectivity index (χ1v) is 7.13. The molecular weight excluding hydrogens is 248 g/mol. The van der Waals surface area contributed by atoms with Gasteiger partial charge in [-0.3, -0.25) is 4.98 Å². The lowest BCUT2D eigenvalue weighted by atomic mass is 10.1. The van der Waals surface area contributed by atoms with Crippen LogP contribution in [0.2, 0.25) is 0 Å². The number of aromatic nitrogens is 2. The average molecular weight is 268 g/mol. The molecule has 1 aliphatic rings. The van der Waals surface area contributed by atoms with Gasteiger partial charge in [-0.1, -0.05) is 12.1 Å². The minimum atomic E-state index is 0.364. The molecule has 2 aromatic rings. The van der Waals surface area contributed by atoms with Crippen LogP contribution in [0.25, 0.3) is 0 Å². The standard InChI is InChI=1S/C16H20N4/c1-12-6-7-13(10-17)16(19-12)20-9-3-5-15(20)14-4-2-8-18-11-14/h2,4,6-8,11,15H,3,5,9-10,17H2,1H3. The molecule has 104 valence electrons. The Hall–Kier alpha value is -1.94. The summed E-state index contributed by atoms with van der Waals surface area (Å²) in [5.41, 5.74) is 9.29. The van der Waals surface area contributed by atoms with Crippen molar-refractivity contribution in [2.45, 2.75) is 32.4 Å². The zero-order chi connectivity index (χ0) is 13.9. The quantitative estimate of drug-likeness (QED) is 0.929. The van der Waals surface area contributed by atoms with E-state index in [0.29, 0.717) is 12.6 Å². The minimum Gasteiger partial charge on any atom is -0.349 e. The van der Waals surface area contributed by atoms with Crippen molar-refractivity contribution < 1.29 is 0 Å². The fourth-order valence-corrected chi connectivity index (χ4v) is 2.92. The number of nitrogens with zero attached hydrogens (tertiary/aromatic N) is 3. The molecular formula is C16H20N4. The Bertz CT molecular complexity index is 582. The molecule has 4 heteroatoms. The van der Waals surface area contributed by atoms with Gasteiger partial charge in [0, 0.05) is 36.7 Å². The molecule has 2 aromatic heterocycles. The van der Waals surface area contributed by atoms with Gasteiger partial charge in [0.2, 0.25) is 0 Å². The third kappa shape index (κ3) is 2.39. The van der Waals surface area contributed by atoms with Gasteiger partial charge >= 0.3 is 0 Å². The van der Waals surface area contributed by atoms with Crippen LogP contribution >= 0.6 is 0 Å². The van der Waals surface area contributed by atoms with E-state index in [1.54, 1.807) is 0 Å². The summed E-state index contributed by atoms with van der Waals surface area (Å²) in [6, 6.07) is 8.63. The van der Waals surface area contributed by atoms with Crippen molar-refractivity contribution >= 4 is 5.82 Å². The van der Waals surface area contributed by atoms with Gasteiger partial charge in [0.1, 0.15) is 5.82 Å². The van der Waals surface area contributed by atoms with Crippen LogP contribution in [0, 0.1) is 6.92 Å². The van der Waals surface area contributed by atoms with Crippen molar-refractivity contribution in [3.05, 3.63) is 53.5 Å². The Labute approximate surface area is 119 Å². The summed E-state index contributed by atoms with van der Waals surface area (Å²) < 4.78 is 0. The van der Waals surface area contributed by atoms with Crippen LogP contribution in [0.15, 0.2) is 36.7 Å². The maximum Gasteiger partial charge on any atom is 0.133 e. The summed E-state index contributed by atoms with van der Waals surface area (Å²) in [6.07, 6.45) is 6.10. The van der Waals surface area contributed by atoms with E-state index < -0.39 is 0 Å². The van der Waals surface area contributed by atoms with Gasteiger partial charge in [0.05, 0.1) is 6.04 Å². The maximum absolute atomic E-state index is 5.87. The monoisotopic (exact) mass is 268 g/mol. The van der Waals surface area contributed by atoms with Crippen LogP contribution < -0.4 is 10.6 Å². The van der Waals surface area contributed by atoms with Crippen molar-refractivity contribution in [3.63, 3.8) is 0 Å². The zero-order valence-electron chi connectivity index (χ0n) is 11.8. The largest absolute Gasteiger partial charge is 0.349 e. The van der Waals surface area contributed by atoms with Gasteiger partial charge in [-0.25, -0.2) is 4.98 Å². The summed E-state index contributed by atoms with van der Waals surface area (Å²) in [5, 5.41) is 0. The third-order valence-corrected chi connectivity index (χ3v) is 3.91. The Balaban J connectivity index is 1.99. The van der Waals surface area contributed by atoms with Crippen molar-refractivity contribution in [2.75, 3.05) is 11.4 Å². The van der Waals surface area contributed by atoms with Crippen molar-refractivity contribution in [2.24, 2.45) is 5.73 Å². The second-order valence-corrected chi connectivity index (χ2v) is 5.28. The summed E-state index contributed by atoms with van der Waals surface area (Å²) >= 11 is 0. The number of rotatable bonds is 3. The third-order valence-electron chi connectivity index (χ3n) is 3.91. The predicted octanol–water partition coefficient (Wildman–Crippen LogP) is 2.59. The molecule has 1 aliphatic heterocycles. The lowest BCUT2D eigenvalue weighted by Gasteiger charge is -2.28. The Morgan fingerprint density at radius 3 is 3.00 bits per heavy atom. The molecule has 1 saturated heterocycles. The number of pyridine rings is 2. The first-order valence-electron chi connectivity index (χ1n) is 7.13.